The van der Waals surface area contributed by atoms with Crippen LogP contribution in [0.4, 0.5) is 0 Å². The van der Waals surface area contributed by atoms with Gasteiger partial charge in [0, 0.05) is 6.54 Å². The van der Waals surface area contributed by atoms with Gasteiger partial charge >= 0.3 is 5.97 Å². The molecular weight excluding hydrogens is 306 g/mol. The van der Waals surface area contributed by atoms with Crippen LogP contribution in [-0.2, 0) is 19.6 Å². The molecule has 122 valence electrons. The van der Waals surface area contributed by atoms with Gasteiger partial charge in [-0.1, -0.05) is 29.3 Å². The van der Waals surface area contributed by atoms with Gasteiger partial charge in [-0.05, 0) is 32.4 Å². The third-order valence-electron chi connectivity index (χ3n) is 3.15. The van der Waals surface area contributed by atoms with Gasteiger partial charge in [0.05, 0.1) is 12.0 Å². The first-order chi connectivity index (χ1) is 10.2. The van der Waals surface area contributed by atoms with E-state index in [9.17, 15) is 13.2 Å². The molecule has 7 heteroatoms. The largest absolute Gasteiger partial charge is 0.468 e. The Morgan fingerprint density at radius 3 is 2.32 bits per heavy atom. The van der Waals surface area contributed by atoms with Crippen LogP contribution in [0.3, 0.4) is 0 Å². The van der Waals surface area contributed by atoms with Crippen LogP contribution in [0.25, 0.3) is 0 Å². The lowest BCUT2D eigenvalue weighted by Crippen LogP contribution is -2.40. The number of esters is 1. The fraction of sp³-hybridized carbons (Fsp3) is 0.400. The maximum Gasteiger partial charge on any atom is 0.323 e. The Labute approximate surface area is 130 Å². The van der Waals surface area contributed by atoms with E-state index in [2.05, 4.69) is 16.1 Å². The molecular formula is C15H21NO5S. The number of ether oxygens (including phenoxy) is 1. The summed E-state index contributed by atoms with van der Waals surface area (Å²) >= 11 is 0. The second kappa shape index (κ2) is 8.07. The van der Waals surface area contributed by atoms with Gasteiger partial charge in [0.1, 0.15) is 6.04 Å². The van der Waals surface area contributed by atoms with E-state index in [0.717, 1.165) is 18.5 Å². The minimum absolute atomic E-state index is 0.0666. The number of hydrogen-bond acceptors (Lipinski definition) is 5. The molecule has 1 heterocycles. The first kappa shape index (κ1) is 18.3. The zero-order valence-electron chi connectivity index (χ0n) is 12.9. The van der Waals surface area contributed by atoms with Crippen molar-refractivity contribution in [3.63, 3.8) is 0 Å². The molecule has 1 aliphatic heterocycles. The Balaban J connectivity index is 0.000000220. The molecule has 0 aromatic heterocycles. The summed E-state index contributed by atoms with van der Waals surface area (Å²) in [6.07, 6.45) is 2.85. The van der Waals surface area contributed by atoms with E-state index in [1.807, 2.05) is 13.8 Å². The normalized spacial score (nSPS) is 17.8. The number of carbonyl (C=O) groups excluding carboxylic acids is 1. The van der Waals surface area contributed by atoms with E-state index in [1.165, 1.54) is 24.8 Å². The Morgan fingerprint density at radius 1 is 1.27 bits per heavy atom. The second-order valence-electron chi connectivity index (χ2n) is 5.03. The summed E-state index contributed by atoms with van der Waals surface area (Å²) in [5, 5.41) is 3.05. The van der Waals surface area contributed by atoms with Crippen LogP contribution in [0, 0.1) is 6.92 Å². The minimum atomic E-state index is -4.02. The van der Waals surface area contributed by atoms with Crippen molar-refractivity contribution in [3.05, 3.63) is 41.5 Å². The molecule has 22 heavy (non-hydrogen) atoms. The van der Waals surface area contributed by atoms with Crippen LogP contribution in [0.15, 0.2) is 40.8 Å². The van der Waals surface area contributed by atoms with Crippen LogP contribution < -0.4 is 5.32 Å². The zero-order chi connectivity index (χ0) is 16.8. The highest BCUT2D eigenvalue weighted by Crippen LogP contribution is 2.09. The zero-order valence-corrected chi connectivity index (χ0v) is 13.7. The number of rotatable bonds is 2. The van der Waals surface area contributed by atoms with E-state index >= 15 is 0 Å². The molecule has 1 aromatic carbocycles. The highest BCUT2D eigenvalue weighted by molar-refractivity contribution is 7.85. The summed E-state index contributed by atoms with van der Waals surface area (Å²) in [6, 6.07) is 5.85. The van der Waals surface area contributed by atoms with Crippen molar-refractivity contribution >= 4 is 16.1 Å². The molecule has 0 amide bonds. The van der Waals surface area contributed by atoms with Crippen molar-refractivity contribution in [3.8, 4) is 0 Å². The van der Waals surface area contributed by atoms with E-state index < -0.39 is 10.1 Å². The Morgan fingerprint density at radius 2 is 1.86 bits per heavy atom. The summed E-state index contributed by atoms with van der Waals surface area (Å²) in [7, 11) is -2.61. The van der Waals surface area contributed by atoms with Gasteiger partial charge in [-0.15, -0.1) is 0 Å². The topological polar surface area (TPSA) is 92.7 Å². The SMILES string of the molecule is COC(=O)[C@@H]1CC(C)=CCN1.Cc1ccc(S(=O)(=O)O)cc1. The van der Waals surface area contributed by atoms with Crippen LogP contribution in [0.5, 0.6) is 0 Å². The fourth-order valence-electron chi connectivity index (χ4n) is 1.87. The molecule has 0 unspecified atom stereocenters. The van der Waals surface area contributed by atoms with Gasteiger partial charge in [0.25, 0.3) is 10.1 Å². The van der Waals surface area contributed by atoms with Crippen molar-refractivity contribution in [2.75, 3.05) is 13.7 Å². The second-order valence-corrected chi connectivity index (χ2v) is 6.45. The van der Waals surface area contributed by atoms with Gasteiger partial charge in [0.2, 0.25) is 0 Å². The predicted molar refractivity (Wildman–Crippen MR) is 83.2 cm³/mol. The third kappa shape index (κ3) is 5.97. The van der Waals surface area contributed by atoms with Crippen LogP contribution in [0.2, 0.25) is 0 Å². The third-order valence-corrected chi connectivity index (χ3v) is 4.01. The predicted octanol–water partition coefficient (Wildman–Crippen LogP) is 1.71. The van der Waals surface area contributed by atoms with Crippen molar-refractivity contribution in [1.82, 2.24) is 5.32 Å². The van der Waals surface area contributed by atoms with Gasteiger partial charge < -0.3 is 10.1 Å². The lowest BCUT2D eigenvalue weighted by molar-refractivity contribution is -0.143. The van der Waals surface area contributed by atoms with Crippen molar-refractivity contribution in [1.29, 1.82) is 0 Å². The summed E-state index contributed by atoms with van der Waals surface area (Å²) in [5.41, 5.74) is 2.21. The molecule has 0 saturated carbocycles. The number of hydrogen-bond donors (Lipinski definition) is 2. The molecule has 0 aliphatic carbocycles. The number of methoxy groups -OCH3 is 1. The number of aryl methyl sites for hydroxylation is 1. The number of benzene rings is 1. The van der Waals surface area contributed by atoms with Crippen molar-refractivity contribution in [2.45, 2.75) is 31.2 Å². The first-order valence-electron chi connectivity index (χ1n) is 6.75. The van der Waals surface area contributed by atoms with Gasteiger partial charge in [-0.3, -0.25) is 9.35 Å². The van der Waals surface area contributed by atoms with Crippen molar-refractivity contribution in [2.24, 2.45) is 0 Å². The van der Waals surface area contributed by atoms with Crippen LogP contribution >= 0.6 is 0 Å². The molecule has 0 bridgehead atoms. The average Bonchev–Trinajstić information content (AvgIpc) is 2.46. The maximum atomic E-state index is 11.0. The highest BCUT2D eigenvalue weighted by atomic mass is 32.2. The fourth-order valence-corrected chi connectivity index (χ4v) is 2.35. The summed E-state index contributed by atoms with van der Waals surface area (Å²) in [6.45, 7) is 4.64. The molecule has 6 nitrogen and oxygen atoms in total. The summed E-state index contributed by atoms with van der Waals surface area (Å²) in [5.74, 6) is -0.169. The molecule has 0 radical (unpaired) electrons. The lowest BCUT2D eigenvalue weighted by atomic mass is 10.0. The Bertz CT molecular complexity index is 634. The van der Waals surface area contributed by atoms with Crippen molar-refractivity contribution < 1.29 is 22.5 Å². The number of nitrogens with one attached hydrogen (secondary N) is 1. The van der Waals surface area contributed by atoms with Gasteiger partial charge in [-0.25, -0.2) is 0 Å². The van der Waals surface area contributed by atoms with E-state index in [4.69, 9.17) is 4.55 Å². The lowest BCUT2D eigenvalue weighted by Gasteiger charge is -2.19. The quantitative estimate of drug-likeness (QED) is 0.488. The Kier molecular flexibility index (Phi) is 6.73. The number of carbonyl (C=O) groups is 1. The summed E-state index contributed by atoms with van der Waals surface area (Å²) in [4.78, 5) is 10.9. The molecule has 2 rings (SSSR count). The van der Waals surface area contributed by atoms with E-state index in [1.54, 1.807) is 12.1 Å². The molecule has 0 saturated heterocycles. The smallest absolute Gasteiger partial charge is 0.323 e. The molecule has 0 fully saturated rings. The molecule has 1 atom stereocenters. The van der Waals surface area contributed by atoms with Crippen LogP contribution in [0.1, 0.15) is 18.9 Å². The first-order valence-corrected chi connectivity index (χ1v) is 8.19. The molecule has 1 aliphatic rings. The van der Waals surface area contributed by atoms with E-state index in [-0.39, 0.29) is 16.9 Å². The minimum Gasteiger partial charge on any atom is -0.468 e. The average molecular weight is 327 g/mol. The van der Waals surface area contributed by atoms with Gasteiger partial charge in [0.15, 0.2) is 0 Å². The Hall–Kier alpha value is -1.70. The van der Waals surface area contributed by atoms with E-state index in [0.29, 0.717) is 0 Å². The highest BCUT2D eigenvalue weighted by Gasteiger charge is 2.20. The molecule has 0 spiro atoms. The monoisotopic (exact) mass is 327 g/mol. The standard InChI is InChI=1S/C8H13NO2.C7H8O3S/c1-6-3-4-9-7(5-6)8(10)11-2;1-6-2-4-7(5-3-6)11(8,9)10/h3,7,9H,4-5H2,1-2H3;2-5H,1H3,(H,8,9,10)/t7-;/m0./s1. The van der Waals surface area contributed by atoms with Gasteiger partial charge in [-0.2, -0.15) is 8.42 Å². The molecule has 1 aromatic rings. The maximum absolute atomic E-state index is 11.0. The van der Waals surface area contributed by atoms with Crippen LogP contribution in [-0.4, -0.2) is 38.6 Å². The molecule has 2 N–H and O–H groups in total. The summed E-state index contributed by atoms with van der Waals surface area (Å²) < 4.78 is 34.2.